The van der Waals surface area contributed by atoms with Crippen LogP contribution in [-0.2, 0) is 29.7 Å². The van der Waals surface area contributed by atoms with Gasteiger partial charge in [0, 0.05) is 42.9 Å². The zero-order valence-electron chi connectivity index (χ0n) is 23.8. The fourth-order valence-electron chi connectivity index (χ4n) is 4.63. The molecule has 0 unspecified atom stereocenters. The molecule has 11 nitrogen and oxygen atoms in total. The van der Waals surface area contributed by atoms with Gasteiger partial charge in [-0.1, -0.05) is 18.2 Å². The molecule has 2 heterocycles. The van der Waals surface area contributed by atoms with Gasteiger partial charge in [-0.05, 0) is 70.1 Å². The minimum absolute atomic E-state index is 0.00782. The molecule has 40 heavy (non-hydrogen) atoms. The second-order valence-electron chi connectivity index (χ2n) is 10.5. The van der Waals surface area contributed by atoms with Crippen molar-refractivity contribution in [1.82, 2.24) is 20.0 Å². The molecule has 0 spiro atoms. The van der Waals surface area contributed by atoms with Gasteiger partial charge in [0.1, 0.15) is 12.4 Å². The van der Waals surface area contributed by atoms with Gasteiger partial charge < -0.3 is 20.3 Å². The first-order valence-corrected chi connectivity index (χ1v) is 13.5. The predicted molar refractivity (Wildman–Crippen MR) is 153 cm³/mol. The number of hydrogen-bond donors (Lipinski definition) is 2. The highest BCUT2D eigenvalue weighted by Crippen LogP contribution is 2.31. The summed E-state index contributed by atoms with van der Waals surface area (Å²) in [5, 5.41) is 21.0. The van der Waals surface area contributed by atoms with Gasteiger partial charge >= 0.3 is 6.09 Å². The van der Waals surface area contributed by atoms with Crippen LogP contribution < -0.4 is 10.6 Å². The number of nitro groups is 1. The fraction of sp³-hybridized carbons (Fsp3) is 0.483. The molecule has 2 N–H and O–H groups in total. The predicted octanol–water partition coefficient (Wildman–Crippen LogP) is 5.30. The summed E-state index contributed by atoms with van der Waals surface area (Å²) in [6, 6.07) is 5.89. The number of non-ortho nitro benzene ring substituents is 1. The summed E-state index contributed by atoms with van der Waals surface area (Å²) < 4.78 is 6.96. The Morgan fingerprint density at radius 2 is 1.85 bits per heavy atom. The molecule has 4 rings (SSSR count). The number of anilines is 1. The number of aryl methyl sites for hydroxylation is 1. The van der Waals surface area contributed by atoms with Gasteiger partial charge in [-0.15, -0.1) is 0 Å². The fourth-order valence-corrected chi connectivity index (χ4v) is 4.63. The van der Waals surface area contributed by atoms with E-state index in [0.29, 0.717) is 25.2 Å². The third kappa shape index (κ3) is 8.69. The summed E-state index contributed by atoms with van der Waals surface area (Å²) in [6.45, 7) is 11.8. The van der Waals surface area contributed by atoms with Crippen molar-refractivity contribution in [2.45, 2.75) is 59.6 Å². The van der Waals surface area contributed by atoms with Gasteiger partial charge in [0.05, 0.1) is 24.2 Å². The number of amides is 2. The first-order valence-electron chi connectivity index (χ1n) is 13.5. The lowest BCUT2D eigenvalue weighted by atomic mass is 9.81. The maximum Gasteiger partial charge on any atom is 0.407 e. The Morgan fingerprint density at radius 1 is 1.20 bits per heavy atom. The zero-order chi connectivity index (χ0) is 29.2. The SMILES string of the molecule is C=C1CN(C(=O)C2CCC(CNC(=O)OCc3ccc([N+](=O)[O-])cc3)CC2)Cc2cnn(C)c2N1.CC=C(C)C. The van der Waals surface area contributed by atoms with Gasteiger partial charge in [-0.2, -0.15) is 5.10 Å². The number of aromatic nitrogens is 2. The molecule has 2 amide bonds. The van der Waals surface area contributed by atoms with E-state index >= 15 is 0 Å². The van der Waals surface area contributed by atoms with E-state index in [4.69, 9.17) is 4.74 Å². The third-order valence-corrected chi connectivity index (χ3v) is 7.19. The molecule has 2 aliphatic rings. The number of ether oxygens (including phenoxy) is 1. The molecule has 0 atom stereocenters. The van der Waals surface area contributed by atoms with Gasteiger partial charge in [0.15, 0.2) is 0 Å². The lowest BCUT2D eigenvalue weighted by Crippen LogP contribution is -2.39. The molecule has 1 fully saturated rings. The molecule has 0 bridgehead atoms. The number of alkyl carbamates (subject to hydrolysis) is 1. The highest BCUT2D eigenvalue weighted by Gasteiger charge is 2.31. The van der Waals surface area contributed by atoms with Crippen molar-refractivity contribution < 1.29 is 19.2 Å². The third-order valence-electron chi connectivity index (χ3n) is 7.19. The maximum absolute atomic E-state index is 13.2. The van der Waals surface area contributed by atoms with Crippen molar-refractivity contribution in [3.63, 3.8) is 0 Å². The van der Waals surface area contributed by atoms with Crippen molar-refractivity contribution in [3.05, 3.63) is 75.6 Å². The van der Waals surface area contributed by atoms with Crippen LogP contribution in [0.3, 0.4) is 0 Å². The second-order valence-corrected chi connectivity index (χ2v) is 10.5. The van der Waals surface area contributed by atoms with Crippen LogP contribution in [0.25, 0.3) is 0 Å². The number of nitrogens with zero attached hydrogens (tertiary/aromatic N) is 4. The van der Waals surface area contributed by atoms with Crippen LogP contribution in [0.15, 0.2) is 54.4 Å². The van der Waals surface area contributed by atoms with Crippen LogP contribution in [-0.4, -0.2) is 44.7 Å². The Kier molecular flexibility index (Phi) is 10.9. The number of carbonyl (C=O) groups is 2. The van der Waals surface area contributed by atoms with Crippen molar-refractivity contribution in [3.8, 4) is 0 Å². The summed E-state index contributed by atoms with van der Waals surface area (Å²) in [5.41, 5.74) is 3.79. The van der Waals surface area contributed by atoms with Crippen molar-refractivity contribution in [1.29, 1.82) is 0 Å². The quantitative estimate of drug-likeness (QED) is 0.282. The maximum atomic E-state index is 13.2. The standard InChI is InChI=1S/C24H30N6O5.C5H10/c1-16-13-29(14-20-12-26-28(2)22(20)27-16)23(31)19-7-3-17(4-8-19)11-25-24(32)35-15-18-5-9-21(10-6-18)30(33)34;1-4-5(2)3/h5-6,9-10,12,17,19,27H,1,3-4,7-8,11,13-15H2,2H3,(H,25,32);4H,1-3H3. The van der Waals surface area contributed by atoms with E-state index in [0.717, 1.165) is 42.8 Å². The van der Waals surface area contributed by atoms with Crippen LogP contribution in [0.1, 0.15) is 57.6 Å². The Balaban J connectivity index is 0.000000810. The molecule has 0 saturated heterocycles. The minimum Gasteiger partial charge on any atom is -0.445 e. The molecule has 1 aromatic carbocycles. The number of nitrogens with one attached hydrogen (secondary N) is 2. The zero-order valence-corrected chi connectivity index (χ0v) is 23.8. The Labute approximate surface area is 235 Å². The van der Waals surface area contributed by atoms with E-state index in [1.54, 1.807) is 23.0 Å². The number of nitro benzene ring substituents is 1. The highest BCUT2D eigenvalue weighted by atomic mass is 16.6. The van der Waals surface area contributed by atoms with Crippen molar-refractivity contribution in [2.75, 3.05) is 18.4 Å². The Morgan fingerprint density at radius 3 is 2.45 bits per heavy atom. The Hall–Kier alpha value is -4.15. The molecular formula is C29H40N6O5. The first-order chi connectivity index (χ1) is 19.1. The van der Waals surface area contributed by atoms with E-state index in [1.165, 1.54) is 17.7 Å². The van der Waals surface area contributed by atoms with E-state index < -0.39 is 11.0 Å². The minimum atomic E-state index is -0.524. The summed E-state index contributed by atoms with van der Waals surface area (Å²) in [5.74, 6) is 1.27. The van der Waals surface area contributed by atoms with Gasteiger partial charge in [0.2, 0.25) is 5.91 Å². The number of fused-ring (bicyclic) bond motifs is 1. The molecule has 11 heteroatoms. The molecule has 1 aliphatic carbocycles. The molecular weight excluding hydrogens is 512 g/mol. The van der Waals surface area contributed by atoms with Gasteiger partial charge in [-0.25, -0.2) is 4.79 Å². The van der Waals surface area contributed by atoms with E-state index in [2.05, 4.69) is 42.2 Å². The van der Waals surface area contributed by atoms with Gasteiger partial charge in [-0.3, -0.25) is 19.6 Å². The van der Waals surface area contributed by atoms with Crippen LogP contribution in [0, 0.1) is 22.0 Å². The molecule has 0 radical (unpaired) electrons. The smallest absolute Gasteiger partial charge is 0.407 e. The topological polar surface area (TPSA) is 132 Å². The average Bonchev–Trinajstić information content (AvgIpc) is 3.18. The summed E-state index contributed by atoms with van der Waals surface area (Å²) in [4.78, 5) is 37.4. The summed E-state index contributed by atoms with van der Waals surface area (Å²) in [6.07, 6.45) is 6.60. The summed E-state index contributed by atoms with van der Waals surface area (Å²) in [7, 11) is 1.86. The second kappa shape index (κ2) is 14.3. The van der Waals surface area contributed by atoms with Crippen LogP contribution >= 0.6 is 0 Å². The number of allylic oxidation sites excluding steroid dienone is 2. The molecule has 2 aromatic rings. The average molecular weight is 553 g/mol. The lowest BCUT2D eigenvalue weighted by molar-refractivity contribution is -0.384. The molecule has 1 saturated carbocycles. The van der Waals surface area contributed by atoms with E-state index in [9.17, 15) is 19.7 Å². The van der Waals surface area contributed by atoms with Crippen molar-refractivity contribution >= 4 is 23.5 Å². The van der Waals surface area contributed by atoms with Gasteiger partial charge in [0.25, 0.3) is 5.69 Å². The lowest BCUT2D eigenvalue weighted by Gasteiger charge is -2.31. The molecule has 1 aliphatic heterocycles. The first kappa shape index (κ1) is 30.4. The number of benzene rings is 1. The largest absolute Gasteiger partial charge is 0.445 e. The normalized spacial score (nSPS) is 18.2. The van der Waals surface area contributed by atoms with E-state index in [-0.39, 0.29) is 30.0 Å². The monoisotopic (exact) mass is 552 g/mol. The van der Waals surface area contributed by atoms with E-state index in [1.807, 2.05) is 18.9 Å². The van der Waals surface area contributed by atoms with Crippen molar-refractivity contribution in [2.24, 2.45) is 18.9 Å². The van der Waals surface area contributed by atoms with Crippen LogP contribution in [0.2, 0.25) is 0 Å². The highest BCUT2D eigenvalue weighted by molar-refractivity contribution is 5.80. The molecule has 1 aromatic heterocycles. The number of rotatable bonds is 6. The van der Waals surface area contributed by atoms with Crippen LogP contribution in [0.5, 0.6) is 0 Å². The number of hydrogen-bond acceptors (Lipinski definition) is 7. The number of carbonyl (C=O) groups excluding carboxylic acids is 2. The summed E-state index contributed by atoms with van der Waals surface area (Å²) >= 11 is 0. The molecule has 216 valence electrons. The van der Waals surface area contributed by atoms with Crippen LogP contribution in [0.4, 0.5) is 16.3 Å². The Bertz CT molecular complexity index is 1220.